The minimum Gasteiger partial charge on any atom is -0.394 e. The molecule has 0 saturated carbocycles. The lowest BCUT2D eigenvalue weighted by atomic mass is 10.1. The average Bonchev–Trinajstić information content (AvgIpc) is 3.56. The highest BCUT2D eigenvalue weighted by Crippen LogP contribution is 2.31. The maximum Gasteiger partial charge on any atom is 0.225 e. The van der Waals surface area contributed by atoms with E-state index in [9.17, 15) is 9.50 Å². The zero-order valence-electron chi connectivity index (χ0n) is 20.0. The van der Waals surface area contributed by atoms with Crippen molar-refractivity contribution < 1.29 is 9.50 Å². The molecule has 1 aliphatic heterocycles. The van der Waals surface area contributed by atoms with E-state index in [1.165, 1.54) is 17.8 Å². The van der Waals surface area contributed by atoms with Crippen LogP contribution < -0.4 is 9.80 Å². The third kappa shape index (κ3) is 4.60. The molecule has 12 heteroatoms. The largest absolute Gasteiger partial charge is 0.394 e. The quantitative estimate of drug-likeness (QED) is 0.364. The first kappa shape index (κ1) is 23.4. The molecule has 1 atom stereocenters. The molecule has 188 valence electrons. The van der Waals surface area contributed by atoms with Crippen LogP contribution in [0.25, 0.3) is 16.6 Å². The number of benzene rings is 1. The Balaban J connectivity index is 1.20. The molecule has 1 fully saturated rings. The van der Waals surface area contributed by atoms with E-state index < -0.39 is 0 Å². The summed E-state index contributed by atoms with van der Waals surface area (Å²) in [7, 11) is 1.89. The highest BCUT2D eigenvalue weighted by atomic mass is 32.2. The van der Waals surface area contributed by atoms with Gasteiger partial charge < -0.3 is 14.9 Å². The Morgan fingerprint density at radius 1 is 1.03 bits per heavy atom. The van der Waals surface area contributed by atoms with Crippen LogP contribution in [0.4, 0.5) is 16.2 Å². The van der Waals surface area contributed by atoms with E-state index in [1.807, 2.05) is 35.1 Å². The molecular weight excluding hydrogens is 493 g/mol. The molecule has 0 radical (unpaired) electrons. The predicted molar refractivity (Wildman–Crippen MR) is 138 cm³/mol. The number of nitrogens with zero attached hydrogens (tertiary/aromatic N) is 9. The average molecular weight is 518 g/mol. The van der Waals surface area contributed by atoms with Crippen LogP contribution in [0.2, 0.25) is 0 Å². The summed E-state index contributed by atoms with van der Waals surface area (Å²) in [4.78, 5) is 19.0. The summed E-state index contributed by atoms with van der Waals surface area (Å²) in [6.45, 7) is 1.77. The fourth-order valence-electron chi connectivity index (χ4n) is 4.52. The second-order valence-electron chi connectivity index (χ2n) is 8.77. The second-order valence-corrected chi connectivity index (χ2v) is 9.89. The Hall–Kier alpha value is -4.03. The number of halogens is 1. The van der Waals surface area contributed by atoms with Crippen LogP contribution in [0.5, 0.6) is 0 Å². The van der Waals surface area contributed by atoms with E-state index in [0.717, 1.165) is 27.4 Å². The number of hydrogen-bond acceptors (Lipinski definition) is 9. The molecule has 1 N–H and O–H groups in total. The summed E-state index contributed by atoms with van der Waals surface area (Å²) in [5.74, 6) is 1.06. The summed E-state index contributed by atoms with van der Waals surface area (Å²) in [6.07, 6.45) is 10.7. The standard InChI is InChI=1S/C25H24FN9OS/c1-32-12-18(9-30-32)17-8-22-24(29-16-31-35(22)13-17)33-6-7-34(19(14-33)15-36)25-27-10-20(11-28-25)37-23-5-3-2-4-21(23)26/h2-5,8-13,16,19,36H,6-7,14-15H2,1H3. The number of aliphatic hydroxyl groups excluding tert-OH is 1. The molecule has 4 aromatic heterocycles. The summed E-state index contributed by atoms with van der Waals surface area (Å²) in [5.41, 5.74) is 2.90. The third-order valence-electron chi connectivity index (χ3n) is 6.35. The van der Waals surface area contributed by atoms with Gasteiger partial charge in [-0.1, -0.05) is 23.9 Å². The van der Waals surface area contributed by atoms with Crippen LogP contribution in [-0.2, 0) is 7.05 Å². The molecule has 0 amide bonds. The summed E-state index contributed by atoms with van der Waals surface area (Å²) >= 11 is 1.28. The lowest BCUT2D eigenvalue weighted by Crippen LogP contribution is -2.55. The SMILES string of the molecule is Cn1cc(-c2cc3c(N4CCN(c5ncc(Sc6ccccc6F)cn5)C(CO)C4)ncnn3c2)cn1. The zero-order chi connectivity index (χ0) is 25.4. The first-order valence-electron chi connectivity index (χ1n) is 11.8. The molecule has 0 spiro atoms. The molecule has 5 aromatic rings. The Kier molecular flexibility index (Phi) is 6.18. The number of fused-ring (bicyclic) bond motifs is 1. The van der Waals surface area contributed by atoms with Crippen LogP contribution in [-0.4, -0.2) is 71.7 Å². The zero-order valence-corrected chi connectivity index (χ0v) is 20.8. The van der Waals surface area contributed by atoms with Crippen molar-refractivity contribution in [1.29, 1.82) is 0 Å². The van der Waals surface area contributed by atoms with Gasteiger partial charge in [0.2, 0.25) is 5.95 Å². The summed E-state index contributed by atoms with van der Waals surface area (Å²) in [6, 6.07) is 8.45. The van der Waals surface area contributed by atoms with Gasteiger partial charge in [0.1, 0.15) is 17.7 Å². The van der Waals surface area contributed by atoms with Crippen molar-refractivity contribution >= 4 is 29.0 Å². The van der Waals surface area contributed by atoms with Crippen LogP contribution in [0.3, 0.4) is 0 Å². The molecule has 1 unspecified atom stereocenters. The lowest BCUT2D eigenvalue weighted by Gasteiger charge is -2.41. The van der Waals surface area contributed by atoms with Gasteiger partial charge in [-0.25, -0.2) is 23.9 Å². The van der Waals surface area contributed by atoms with Crippen LogP contribution >= 0.6 is 11.8 Å². The lowest BCUT2D eigenvalue weighted by molar-refractivity contribution is 0.252. The highest BCUT2D eigenvalue weighted by molar-refractivity contribution is 7.99. The van der Waals surface area contributed by atoms with Gasteiger partial charge in [-0.3, -0.25) is 4.68 Å². The van der Waals surface area contributed by atoms with Crippen LogP contribution in [0.1, 0.15) is 0 Å². The Morgan fingerprint density at radius 2 is 1.86 bits per heavy atom. The van der Waals surface area contributed by atoms with Gasteiger partial charge in [-0.2, -0.15) is 10.2 Å². The van der Waals surface area contributed by atoms with Gasteiger partial charge in [0, 0.05) is 72.4 Å². The number of aromatic nitrogens is 7. The smallest absolute Gasteiger partial charge is 0.225 e. The van der Waals surface area contributed by atoms with Crippen LogP contribution in [0, 0.1) is 5.82 Å². The minimum absolute atomic E-state index is 0.0606. The number of piperazine rings is 1. The molecule has 1 saturated heterocycles. The van der Waals surface area contributed by atoms with Crippen molar-refractivity contribution in [2.45, 2.75) is 15.8 Å². The van der Waals surface area contributed by atoms with E-state index in [-0.39, 0.29) is 18.5 Å². The first-order chi connectivity index (χ1) is 18.1. The monoisotopic (exact) mass is 517 g/mol. The molecule has 0 bridgehead atoms. The third-order valence-corrected chi connectivity index (χ3v) is 7.35. The molecule has 1 aliphatic rings. The van der Waals surface area contributed by atoms with Crippen LogP contribution in [0.15, 0.2) is 77.4 Å². The first-order valence-corrected chi connectivity index (χ1v) is 12.6. The van der Waals surface area contributed by atoms with E-state index >= 15 is 0 Å². The van der Waals surface area contributed by atoms with Gasteiger partial charge in [0.25, 0.3) is 0 Å². The van der Waals surface area contributed by atoms with Gasteiger partial charge in [0.05, 0.1) is 18.8 Å². The maximum atomic E-state index is 14.0. The van der Waals surface area contributed by atoms with E-state index in [2.05, 4.69) is 36.1 Å². The molecule has 1 aromatic carbocycles. The number of rotatable bonds is 6. The van der Waals surface area contributed by atoms with E-state index in [4.69, 9.17) is 0 Å². The molecule has 10 nitrogen and oxygen atoms in total. The molecular formula is C25H24FN9OS. The van der Waals surface area contributed by atoms with E-state index in [0.29, 0.717) is 30.5 Å². The van der Waals surface area contributed by atoms with Crippen molar-refractivity contribution in [2.24, 2.45) is 7.05 Å². The van der Waals surface area contributed by atoms with Gasteiger partial charge in [-0.15, -0.1) is 0 Å². The second kappa shape index (κ2) is 9.79. The molecule has 6 rings (SSSR count). The number of aliphatic hydroxyl groups is 1. The number of hydrogen-bond donors (Lipinski definition) is 1. The summed E-state index contributed by atoms with van der Waals surface area (Å²) in [5, 5.41) is 18.9. The van der Waals surface area contributed by atoms with Crippen molar-refractivity contribution in [2.75, 3.05) is 36.0 Å². The normalized spacial score (nSPS) is 16.0. The van der Waals surface area contributed by atoms with E-state index in [1.54, 1.807) is 41.6 Å². The summed E-state index contributed by atoms with van der Waals surface area (Å²) < 4.78 is 17.6. The van der Waals surface area contributed by atoms with Gasteiger partial charge in [0.15, 0.2) is 5.82 Å². The topological polar surface area (TPSA) is 100 Å². The maximum absolute atomic E-state index is 14.0. The van der Waals surface area contributed by atoms with Gasteiger partial charge in [-0.05, 0) is 18.2 Å². The highest BCUT2D eigenvalue weighted by Gasteiger charge is 2.30. The molecule has 37 heavy (non-hydrogen) atoms. The fraction of sp³-hybridized carbons (Fsp3) is 0.240. The van der Waals surface area contributed by atoms with Crippen molar-refractivity contribution in [1.82, 2.24) is 34.3 Å². The molecule has 0 aliphatic carbocycles. The number of aryl methyl sites for hydroxylation is 1. The van der Waals surface area contributed by atoms with Gasteiger partial charge >= 0.3 is 0 Å². The fourth-order valence-corrected chi connectivity index (χ4v) is 5.30. The van der Waals surface area contributed by atoms with Crippen molar-refractivity contribution in [3.63, 3.8) is 0 Å². The number of anilines is 2. The minimum atomic E-state index is -0.276. The Bertz CT molecular complexity index is 1540. The predicted octanol–water partition coefficient (Wildman–Crippen LogP) is 2.90. The van der Waals surface area contributed by atoms with Crippen molar-refractivity contribution in [3.8, 4) is 11.1 Å². The Morgan fingerprint density at radius 3 is 2.62 bits per heavy atom. The Labute approximate surface area is 216 Å². The van der Waals surface area contributed by atoms with Crippen molar-refractivity contribution in [3.05, 3.63) is 73.5 Å². The molecule has 5 heterocycles.